The Bertz CT molecular complexity index is 193. The summed E-state index contributed by atoms with van der Waals surface area (Å²) in [6, 6.07) is -1.51. The van der Waals surface area contributed by atoms with E-state index in [1.165, 1.54) is 4.90 Å². The van der Waals surface area contributed by atoms with Crippen LogP contribution in [0.1, 0.15) is 46.5 Å². The summed E-state index contributed by atoms with van der Waals surface area (Å²) >= 11 is 0. The third-order valence-electron chi connectivity index (χ3n) is 2.90. The van der Waals surface area contributed by atoms with Crippen molar-refractivity contribution in [2.24, 2.45) is 5.73 Å². The zero-order valence-corrected chi connectivity index (χ0v) is 11.1. The summed E-state index contributed by atoms with van der Waals surface area (Å²) in [6.07, 6.45) is -1.41. The predicted molar refractivity (Wildman–Crippen MR) is 64.9 cm³/mol. The molecule has 1 unspecified atom stereocenters. The summed E-state index contributed by atoms with van der Waals surface area (Å²) in [4.78, 5) is 1.53. The van der Waals surface area contributed by atoms with Crippen LogP contribution in [0.25, 0.3) is 0 Å². The summed E-state index contributed by atoms with van der Waals surface area (Å²) in [5.74, 6) is 0. The van der Waals surface area contributed by atoms with Crippen LogP contribution in [0.3, 0.4) is 0 Å². The molecule has 0 amide bonds. The van der Waals surface area contributed by atoms with Gasteiger partial charge in [0.15, 0.2) is 0 Å². The number of hydrogen-bond donors (Lipinski definition) is 1. The topological polar surface area (TPSA) is 29.3 Å². The van der Waals surface area contributed by atoms with Gasteiger partial charge in [-0.3, -0.25) is 4.90 Å². The lowest BCUT2D eigenvalue weighted by molar-refractivity contribution is -0.189. The number of alkyl halides is 3. The molecule has 0 heterocycles. The fourth-order valence-corrected chi connectivity index (χ4v) is 1.99. The summed E-state index contributed by atoms with van der Waals surface area (Å²) in [5, 5.41) is 0. The van der Waals surface area contributed by atoms with E-state index >= 15 is 0 Å². The van der Waals surface area contributed by atoms with E-state index in [9.17, 15) is 13.2 Å². The molecule has 0 radical (unpaired) electrons. The van der Waals surface area contributed by atoms with Gasteiger partial charge in [0, 0.05) is 6.04 Å². The number of nitrogens with two attached hydrogens (primary N) is 1. The van der Waals surface area contributed by atoms with Crippen LogP contribution in [-0.2, 0) is 0 Å². The zero-order chi connectivity index (χ0) is 13.5. The maximum absolute atomic E-state index is 12.9. The minimum absolute atomic E-state index is 0.0200. The second kappa shape index (κ2) is 7.93. The first kappa shape index (κ1) is 16.7. The fourth-order valence-electron chi connectivity index (χ4n) is 1.99. The van der Waals surface area contributed by atoms with Gasteiger partial charge in [0.2, 0.25) is 0 Å². The molecule has 0 spiro atoms. The molecule has 5 heteroatoms. The number of hydrogen-bond acceptors (Lipinski definition) is 2. The van der Waals surface area contributed by atoms with Crippen molar-refractivity contribution in [3.05, 3.63) is 0 Å². The third-order valence-corrected chi connectivity index (χ3v) is 2.90. The van der Waals surface area contributed by atoms with E-state index in [0.29, 0.717) is 6.54 Å². The number of halogens is 3. The fraction of sp³-hybridized carbons (Fsp3) is 1.00. The van der Waals surface area contributed by atoms with Gasteiger partial charge in [-0.1, -0.05) is 19.8 Å². The molecular formula is C12H25F3N2. The van der Waals surface area contributed by atoms with Crippen LogP contribution in [0.15, 0.2) is 0 Å². The van der Waals surface area contributed by atoms with E-state index in [0.717, 1.165) is 19.3 Å². The van der Waals surface area contributed by atoms with Crippen molar-refractivity contribution in [3.63, 3.8) is 0 Å². The molecular weight excluding hydrogens is 229 g/mol. The quantitative estimate of drug-likeness (QED) is 0.674. The molecule has 0 rings (SSSR count). The molecule has 2 N–H and O–H groups in total. The van der Waals surface area contributed by atoms with Crippen molar-refractivity contribution in [1.29, 1.82) is 0 Å². The molecule has 0 saturated carbocycles. The normalized spacial score (nSPS) is 14.6. The molecule has 0 saturated heterocycles. The van der Waals surface area contributed by atoms with Crippen molar-refractivity contribution in [2.75, 3.05) is 13.1 Å². The van der Waals surface area contributed by atoms with Crippen LogP contribution in [0.5, 0.6) is 0 Å². The summed E-state index contributed by atoms with van der Waals surface area (Å²) in [5.41, 5.74) is 5.29. The Balaban J connectivity index is 4.60. The molecule has 0 bridgehead atoms. The third kappa shape index (κ3) is 6.27. The average Bonchev–Trinajstić information content (AvgIpc) is 2.20. The number of unbranched alkanes of at least 4 members (excludes halogenated alkanes) is 2. The summed E-state index contributed by atoms with van der Waals surface area (Å²) in [7, 11) is 0. The van der Waals surface area contributed by atoms with E-state index in [1.54, 1.807) is 13.8 Å². The highest BCUT2D eigenvalue weighted by Crippen LogP contribution is 2.28. The van der Waals surface area contributed by atoms with Gasteiger partial charge in [-0.25, -0.2) is 0 Å². The van der Waals surface area contributed by atoms with Crippen LogP contribution in [-0.4, -0.2) is 36.2 Å². The van der Waals surface area contributed by atoms with Gasteiger partial charge in [-0.15, -0.1) is 0 Å². The van der Waals surface area contributed by atoms with Gasteiger partial charge < -0.3 is 5.73 Å². The Morgan fingerprint density at radius 2 is 1.76 bits per heavy atom. The van der Waals surface area contributed by atoms with Gasteiger partial charge in [0.25, 0.3) is 0 Å². The lowest BCUT2D eigenvalue weighted by Gasteiger charge is -2.36. The van der Waals surface area contributed by atoms with Crippen molar-refractivity contribution in [3.8, 4) is 0 Å². The molecule has 0 aliphatic rings. The standard InChI is InChI=1S/C12H25F3N2/c1-4-5-6-9-17(10(2)3)11(7-8-16)12(13,14)15/h10-11H,4-9,16H2,1-3H3. The van der Waals surface area contributed by atoms with Crippen LogP contribution >= 0.6 is 0 Å². The van der Waals surface area contributed by atoms with Gasteiger partial charge >= 0.3 is 6.18 Å². The van der Waals surface area contributed by atoms with Crippen LogP contribution in [0, 0.1) is 0 Å². The number of rotatable bonds is 8. The van der Waals surface area contributed by atoms with E-state index in [4.69, 9.17) is 5.73 Å². The molecule has 0 aliphatic carbocycles. The molecule has 0 aromatic rings. The molecule has 104 valence electrons. The second-order valence-corrected chi connectivity index (χ2v) is 4.67. The van der Waals surface area contributed by atoms with Gasteiger partial charge in [-0.2, -0.15) is 13.2 Å². The zero-order valence-electron chi connectivity index (χ0n) is 11.1. The van der Waals surface area contributed by atoms with Gasteiger partial charge in [0.1, 0.15) is 6.04 Å². The van der Waals surface area contributed by atoms with Crippen molar-refractivity contribution in [1.82, 2.24) is 4.90 Å². The Morgan fingerprint density at radius 1 is 1.18 bits per heavy atom. The lowest BCUT2D eigenvalue weighted by atomic mass is 10.1. The smallest absolute Gasteiger partial charge is 0.330 e. The highest BCUT2D eigenvalue weighted by molar-refractivity contribution is 4.81. The van der Waals surface area contributed by atoms with Gasteiger partial charge in [-0.05, 0) is 39.8 Å². The second-order valence-electron chi connectivity index (χ2n) is 4.67. The SMILES string of the molecule is CCCCCN(C(C)C)C(CCN)C(F)(F)F. The van der Waals surface area contributed by atoms with Crippen molar-refractivity contribution >= 4 is 0 Å². The van der Waals surface area contributed by atoms with E-state index < -0.39 is 12.2 Å². The summed E-state index contributed by atoms with van der Waals surface area (Å²) < 4.78 is 38.8. The Kier molecular flexibility index (Phi) is 7.79. The molecule has 0 aliphatic heterocycles. The minimum atomic E-state index is -4.18. The molecule has 1 atom stereocenters. The maximum atomic E-state index is 12.9. The van der Waals surface area contributed by atoms with Crippen molar-refractivity contribution < 1.29 is 13.2 Å². The average molecular weight is 254 g/mol. The van der Waals surface area contributed by atoms with E-state index in [-0.39, 0.29) is 19.0 Å². The minimum Gasteiger partial charge on any atom is -0.330 e. The largest absolute Gasteiger partial charge is 0.404 e. The monoisotopic (exact) mass is 254 g/mol. The van der Waals surface area contributed by atoms with Crippen LogP contribution in [0.4, 0.5) is 13.2 Å². The first-order chi connectivity index (χ1) is 7.84. The van der Waals surface area contributed by atoms with Crippen LogP contribution in [0.2, 0.25) is 0 Å². The number of nitrogens with zero attached hydrogens (tertiary/aromatic N) is 1. The summed E-state index contributed by atoms with van der Waals surface area (Å²) in [6.45, 7) is 6.22. The Labute approximate surface area is 102 Å². The predicted octanol–water partition coefficient (Wildman–Crippen LogP) is 3.17. The Morgan fingerprint density at radius 3 is 2.12 bits per heavy atom. The first-order valence-electron chi connectivity index (χ1n) is 6.37. The van der Waals surface area contributed by atoms with Crippen LogP contribution < -0.4 is 5.73 Å². The van der Waals surface area contributed by atoms with Crippen molar-refractivity contribution in [2.45, 2.75) is 64.7 Å². The molecule has 2 nitrogen and oxygen atoms in total. The molecule has 17 heavy (non-hydrogen) atoms. The Hall–Kier alpha value is -0.290. The first-order valence-corrected chi connectivity index (χ1v) is 6.37. The molecule has 0 aromatic heterocycles. The molecule has 0 fully saturated rings. The lowest BCUT2D eigenvalue weighted by Crippen LogP contribution is -2.50. The molecule has 0 aromatic carbocycles. The maximum Gasteiger partial charge on any atom is 0.404 e. The van der Waals surface area contributed by atoms with E-state index in [1.807, 2.05) is 6.92 Å². The van der Waals surface area contributed by atoms with Gasteiger partial charge in [0.05, 0.1) is 0 Å². The van der Waals surface area contributed by atoms with E-state index in [2.05, 4.69) is 0 Å². The highest BCUT2D eigenvalue weighted by atomic mass is 19.4. The highest BCUT2D eigenvalue weighted by Gasteiger charge is 2.43.